The number of anilines is 2. The van der Waals surface area contributed by atoms with E-state index in [0.29, 0.717) is 45.1 Å². The summed E-state index contributed by atoms with van der Waals surface area (Å²) in [6, 6.07) is 9.85. The average molecular weight is 429 g/mol. The molecule has 5 nitrogen and oxygen atoms in total. The molecule has 0 aliphatic heterocycles. The number of amides is 2. The van der Waals surface area contributed by atoms with Gasteiger partial charge in [-0.05, 0) is 50.2 Å². The molecule has 0 heterocycles. The van der Waals surface area contributed by atoms with Crippen molar-refractivity contribution in [1.29, 1.82) is 0 Å². The predicted octanol–water partition coefficient (Wildman–Crippen LogP) is 5.18. The average Bonchev–Trinajstić information content (AvgIpc) is 2.65. The first-order chi connectivity index (χ1) is 12.8. The zero-order valence-corrected chi connectivity index (χ0v) is 17.3. The fourth-order valence-electron chi connectivity index (χ4n) is 2.43. The molecule has 0 aliphatic rings. The summed E-state index contributed by atoms with van der Waals surface area (Å²) in [4.78, 5) is 26.1. The third kappa shape index (κ3) is 5.76. The molecule has 0 saturated heterocycles. The van der Waals surface area contributed by atoms with Crippen LogP contribution in [0.1, 0.15) is 24.2 Å². The Hall–Kier alpha value is -1.95. The van der Waals surface area contributed by atoms with Crippen LogP contribution in [-0.2, 0) is 4.79 Å². The lowest BCUT2D eigenvalue weighted by Crippen LogP contribution is -2.30. The first-order valence-corrected chi connectivity index (χ1v) is 9.56. The number of benzene rings is 2. The van der Waals surface area contributed by atoms with E-state index < -0.39 is 0 Å². The van der Waals surface area contributed by atoms with E-state index >= 15 is 0 Å². The van der Waals surface area contributed by atoms with Gasteiger partial charge >= 0.3 is 0 Å². The summed E-state index contributed by atoms with van der Waals surface area (Å²) in [6.07, 6.45) is 0. The molecule has 27 heavy (non-hydrogen) atoms. The van der Waals surface area contributed by atoms with Crippen LogP contribution in [0.3, 0.4) is 0 Å². The molecule has 0 spiro atoms. The van der Waals surface area contributed by atoms with Gasteiger partial charge in [-0.2, -0.15) is 0 Å². The second-order valence-electron chi connectivity index (χ2n) is 5.70. The molecule has 0 aliphatic carbocycles. The number of nitrogens with one attached hydrogen (secondary N) is 2. The Kier molecular flexibility index (Phi) is 7.78. The first-order valence-electron chi connectivity index (χ1n) is 8.43. The van der Waals surface area contributed by atoms with Crippen molar-refractivity contribution in [2.45, 2.75) is 13.8 Å². The lowest BCUT2D eigenvalue weighted by molar-refractivity contribution is -0.114. The number of rotatable bonds is 7. The van der Waals surface area contributed by atoms with Crippen molar-refractivity contribution in [2.75, 3.05) is 30.3 Å². The third-order valence-electron chi connectivity index (χ3n) is 3.92. The molecule has 0 atom stereocenters. The normalized spacial score (nSPS) is 10.4. The standard InChI is InChI=1S/C19H20Cl3N3O2/c1-3-25(4-2)19(27)12-5-7-13(8-6-12)24-18(26)11-23-17-10-15(21)14(20)9-16(17)22/h5-10,23H,3-4,11H2,1-2H3,(H,24,26). The molecule has 2 amide bonds. The Labute approximate surface area is 173 Å². The van der Waals surface area contributed by atoms with Crippen molar-refractivity contribution in [3.63, 3.8) is 0 Å². The zero-order chi connectivity index (χ0) is 20.0. The van der Waals surface area contributed by atoms with Gasteiger partial charge in [-0.25, -0.2) is 0 Å². The molecular formula is C19H20Cl3N3O2. The second-order valence-corrected chi connectivity index (χ2v) is 6.92. The minimum absolute atomic E-state index is 0.00217. The summed E-state index contributed by atoms with van der Waals surface area (Å²) in [5.41, 5.74) is 1.69. The van der Waals surface area contributed by atoms with E-state index in [9.17, 15) is 9.59 Å². The highest BCUT2D eigenvalue weighted by molar-refractivity contribution is 6.44. The monoisotopic (exact) mass is 427 g/mol. The molecule has 2 N–H and O–H groups in total. The predicted molar refractivity (Wildman–Crippen MR) is 112 cm³/mol. The van der Waals surface area contributed by atoms with Gasteiger partial charge in [0.2, 0.25) is 5.91 Å². The minimum Gasteiger partial charge on any atom is -0.375 e. The minimum atomic E-state index is -0.264. The van der Waals surface area contributed by atoms with Crippen LogP contribution in [0.2, 0.25) is 15.1 Å². The van der Waals surface area contributed by atoms with Crippen LogP contribution in [0.5, 0.6) is 0 Å². The van der Waals surface area contributed by atoms with E-state index in [0.717, 1.165) is 0 Å². The van der Waals surface area contributed by atoms with Gasteiger partial charge < -0.3 is 15.5 Å². The molecule has 0 aromatic heterocycles. The molecule has 2 rings (SSSR count). The van der Waals surface area contributed by atoms with Gasteiger partial charge in [0.25, 0.3) is 5.91 Å². The van der Waals surface area contributed by atoms with E-state index in [-0.39, 0.29) is 18.4 Å². The second kappa shape index (κ2) is 9.83. The zero-order valence-electron chi connectivity index (χ0n) is 15.0. The Balaban J connectivity index is 1.94. The quantitative estimate of drug-likeness (QED) is 0.597. The maximum atomic E-state index is 12.3. The van der Waals surface area contributed by atoms with Gasteiger partial charge in [0.1, 0.15) is 0 Å². The van der Waals surface area contributed by atoms with E-state index in [2.05, 4.69) is 10.6 Å². The van der Waals surface area contributed by atoms with Gasteiger partial charge in [0, 0.05) is 24.3 Å². The molecule has 2 aromatic rings. The lowest BCUT2D eigenvalue weighted by atomic mass is 10.1. The van der Waals surface area contributed by atoms with E-state index in [1.54, 1.807) is 35.2 Å². The Morgan fingerprint density at radius 1 is 0.926 bits per heavy atom. The maximum absolute atomic E-state index is 12.3. The molecule has 0 radical (unpaired) electrons. The fraction of sp³-hybridized carbons (Fsp3) is 0.263. The molecule has 0 fully saturated rings. The van der Waals surface area contributed by atoms with Crippen LogP contribution >= 0.6 is 34.8 Å². The summed E-state index contributed by atoms with van der Waals surface area (Å²) in [7, 11) is 0. The molecule has 2 aromatic carbocycles. The largest absolute Gasteiger partial charge is 0.375 e. The van der Waals surface area contributed by atoms with Gasteiger partial charge in [0.05, 0.1) is 27.3 Å². The number of carbonyl (C=O) groups excluding carboxylic acids is 2. The first kappa shape index (κ1) is 21.4. The summed E-state index contributed by atoms with van der Waals surface area (Å²) >= 11 is 17.9. The summed E-state index contributed by atoms with van der Waals surface area (Å²) in [5.74, 6) is -0.297. The van der Waals surface area contributed by atoms with E-state index in [1.807, 2.05) is 13.8 Å². The summed E-state index contributed by atoms with van der Waals surface area (Å²) in [5, 5.41) is 6.73. The van der Waals surface area contributed by atoms with Crippen LogP contribution in [-0.4, -0.2) is 36.3 Å². The fourth-order valence-corrected chi connectivity index (χ4v) is 3.04. The van der Waals surface area contributed by atoms with Crippen LogP contribution in [0, 0.1) is 0 Å². The Morgan fingerprint density at radius 3 is 2.11 bits per heavy atom. The number of halogens is 3. The molecule has 144 valence electrons. The molecule has 8 heteroatoms. The number of hydrogen-bond donors (Lipinski definition) is 2. The smallest absolute Gasteiger partial charge is 0.253 e. The van der Waals surface area contributed by atoms with Crippen molar-refractivity contribution in [3.8, 4) is 0 Å². The van der Waals surface area contributed by atoms with Crippen molar-refractivity contribution in [1.82, 2.24) is 4.90 Å². The molecular weight excluding hydrogens is 409 g/mol. The van der Waals surface area contributed by atoms with Crippen LogP contribution in [0.15, 0.2) is 36.4 Å². The van der Waals surface area contributed by atoms with Crippen LogP contribution < -0.4 is 10.6 Å². The molecule has 0 bridgehead atoms. The van der Waals surface area contributed by atoms with Gasteiger partial charge in [-0.1, -0.05) is 34.8 Å². The highest BCUT2D eigenvalue weighted by Crippen LogP contribution is 2.32. The molecule has 0 saturated carbocycles. The van der Waals surface area contributed by atoms with Crippen molar-refractivity contribution in [3.05, 3.63) is 57.0 Å². The third-order valence-corrected chi connectivity index (χ3v) is 4.95. The van der Waals surface area contributed by atoms with Gasteiger partial charge in [0.15, 0.2) is 0 Å². The summed E-state index contributed by atoms with van der Waals surface area (Å²) < 4.78 is 0. The van der Waals surface area contributed by atoms with Gasteiger partial charge in [-0.3, -0.25) is 9.59 Å². The van der Waals surface area contributed by atoms with E-state index in [1.165, 1.54) is 6.07 Å². The SMILES string of the molecule is CCN(CC)C(=O)c1ccc(NC(=O)CNc2cc(Cl)c(Cl)cc2Cl)cc1. The maximum Gasteiger partial charge on any atom is 0.253 e. The van der Waals surface area contributed by atoms with Crippen LogP contribution in [0.25, 0.3) is 0 Å². The van der Waals surface area contributed by atoms with Crippen molar-refractivity contribution in [2.24, 2.45) is 0 Å². The van der Waals surface area contributed by atoms with Crippen molar-refractivity contribution < 1.29 is 9.59 Å². The van der Waals surface area contributed by atoms with Crippen LogP contribution in [0.4, 0.5) is 11.4 Å². The topological polar surface area (TPSA) is 61.4 Å². The summed E-state index contributed by atoms with van der Waals surface area (Å²) in [6.45, 7) is 5.16. The number of hydrogen-bond acceptors (Lipinski definition) is 3. The highest BCUT2D eigenvalue weighted by atomic mass is 35.5. The van der Waals surface area contributed by atoms with Crippen molar-refractivity contribution >= 4 is 58.0 Å². The molecule has 0 unspecified atom stereocenters. The number of nitrogens with zero attached hydrogens (tertiary/aromatic N) is 1. The number of carbonyl (C=O) groups is 2. The highest BCUT2D eigenvalue weighted by Gasteiger charge is 2.12. The lowest BCUT2D eigenvalue weighted by Gasteiger charge is -2.18. The Bertz CT molecular complexity index is 822. The van der Waals surface area contributed by atoms with Gasteiger partial charge in [-0.15, -0.1) is 0 Å². The Morgan fingerprint density at radius 2 is 1.52 bits per heavy atom. The van der Waals surface area contributed by atoms with E-state index in [4.69, 9.17) is 34.8 Å².